The summed E-state index contributed by atoms with van der Waals surface area (Å²) in [7, 11) is 0. The van der Waals surface area contributed by atoms with Crippen molar-refractivity contribution in [3.05, 3.63) is 68.7 Å². The molecule has 1 atom stereocenters. The monoisotopic (exact) mass is 402 g/mol. The zero-order valence-electron chi connectivity index (χ0n) is 11.2. The van der Waals surface area contributed by atoms with Crippen LogP contribution in [0.5, 0.6) is 0 Å². The van der Waals surface area contributed by atoms with Gasteiger partial charge >= 0.3 is 0 Å². The highest BCUT2D eigenvalue weighted by Crippen LogP contribution is 2.32. The molecule has 0 saturated carbocycles. The molecule has 0 radical (unpaired) electrons. The number of aryl methyl sites for hydroxylation is 2. The predicted octanol–water partition coefficient (Wildman–Crippen LogP) is 6.02. The second-order valence-electron chi connectivity index (χ2n) is 4.88. The molecule has 106 valence electrons. The van der Waals surface area contributed by atoms with Gasteiger partial charge in [-0.2, -0.15) is 0 Å². The lowest BCUT2D eigenvalue weighted by Gasteiger charge is -2.13. The Kier molecular flexibility index (Phi) is 4.97. The fraction of sp³-hybridized carbons (Fsp3) is 0.250. The lowest BCUT2D eigenvalue weighted by atomic mass is 10.00. The van der Waals surface area contributed by atoms with E-state index < -0.39 is 11.6 Å². The number of rotatable bonds is 3. The first-order chi connectivity index (χ1) is 9.38. The molecule has 0 nitrogen and oxygen atoms in total. The highest BCUT2D eigenvalue weighted by atomic mass is 79.9. The van der Waals surface area contributed by atoms with Crippen LogP contribution in [0.15, 0.2) is 34.8 Å². The lowest BCUT2D eigenvalue weighted by molar-refractivity contribution is 0.579. The normalized spacial score (nSPS) is 12.5. The van der Waals surface area contributed by atoms with Crippen molar-refractivity contribution in [2.75, 3.05) is 0 Å². The molecule has 2 rings (SSSR count). The van der Waals surface area contributed by atoms with E-state index in [0.29, 0.717) is 12.0 Å². The van der Waals surface area contributed by atoms with Crippen LogP contribution in [0.2, 0.25) is 0 Å². The van der Waals surface area contributed by atoms with Crippen LogP contribution in [-0.4, -0.2) is 0 Å². The molecule has 2 aromatic carbocycles. The van der Waals surface area contributed by atoms with E-state index >= 15 is 0 Å². The molecular weight excluding hydrogens is 390 g/mol. The maximum Gasteiger partial charge on any atom is 0.137 e. The predicted molar refractivity (Wildman–Crippen MR) is 85.3 cm³/mol. The number of hydrogen-bond donors (Lipinski definition) is 0. The summed E-state index contributed by atoms with van der Waals surface area (Å²) in [4.78, 5) is -0.257. The minimum absolute atomic E-state index is 0.143. The van der Waals surface area contributed by atoms with E-state index in [1.54, 1.807) is 0 Å². The minimum Gasteiger partial charge on any atom is -0.207 e. The van der Waals surface area contributed by atoms with Gasteiger partial charge in [0.05, 0.1) is 4.47 Å². The van der Waals surface area contributed by atoms with Gasteiger partial charge in [-0.25, -0.2) is 8.78 Å². The Labute approximate surface area is 134 Å². The molecule has 0 fully saturated rings. The third-order valence-electron chi connectivity index (χ3n) is 3.36. The van der Waals surface area contributed by atoms with Crippen molar-refractivity contribution < 1.29 is 8.78 Å². The molecule has 1 unspecified atom stereocenters. The molecule has 0 aromatic heterocycles. The summed E-state index contributed by atoms with van der Waals surface area (Å²) in [6.45, 7) is 4.09. The fourth-order valence-electron chi connectivity index (χ4n) is 2.03. The average Bonchev–Trinajstić information content (AvgIpc) is 2.38. The Morgan fingerprint density at radius 3 is 2.35 bits per heavy atom. The molecule has 2 aromatic rings. The van der Waals surface area contributed by atoms with E-state index in [0.717, 1.165) is 5.56 Å². The van der Waals surface area contributed by atoms with Gasteiger partial charge in [0.1, 0.15) is 11.6 Å². The maximum absolute atomic E-state index is 13.9. The summed E-state index contributed by atoms with van der Waals surface area (Å²) < 4.78 is 27.6. The van der Waals surface area contributed by atoms with Crippen molar-refractivity contribution in [1.82, 2.24) is 0 Å². The molecule has 0 aliphatic heterocycles. The molecule has 0 amide bonds. The van der Waals surface area contributed by atoms with Crippen LogP contribution in [0.25, 0.3) is 0 Å². The molecule has 4 heteroatoms. The SMILES string of the molecule is Cc1ccc(CC(Br)c2cc(F)c(Br)cc2F)cc1C. The first-order valence-corrected chi connectivity index (χ1v) is 7.94. The highest BCUT2D eigenvalue weighted by Gasteiger charge is 2.16. The van der Waals surface area contributed by atoms with Crippen molar-refractivity contribution in [2.24, 2.45) is 0 Å². The summed E-state index contributed by atoms with van der Waals surface area (Å²) in [6, 6.07) is 8.54. The van der Waals surface area contributed by atoms with Gasteiger partial charge in [0, 0.05) is 10.4 Å². The van der Waals surface area contributed by atoms with Crippen molar-refractivity contribution >= 4 is 31.9 Å². The van der Waals surface area contributed by atoms with Crippen LogP contribution in [0, 0.1) is 25.5 Å². The third kappa shape index (κ3) is 3.47. The lowest BCUT2D eigenvalue weighted by Crippen LogP contribution is -2.01. The molecule has 0 spiro atoms. The highest BCUT2D eigenvalue weighted by molar-refractivity contribution is 9.10. The van der Waals surface area contributed by atoms with E-state index in [-0.39, 0.29) is 9.30 Å². The van der Waals surface area contributed by atoms with Crippen molar-refractivity contribution in [2.45, 2.75) is 25.1 Å². The second-order valence-corrected chi connectivity index (χ2v) is 6.84. The zero-order chi connectivity index (χ0) is 14.9. The molecule has 0 bridgehead atoms. The van der Waals surface area contributed by atoms with Gasteiger partial charge in [0.25, 0.3) is 0 Å². The van der Waals surface area contributed by atoms with Gasteiger partial charge in [0.15, 0.2) is 0 Å². The molecule has 0 saturated heterocycles. The van der Waals surface area contributed by atoms with E-state index in [1.165, 1.54) is 23.3 Å². The van der Waals surface area contributed by atoms with Gasteiger partial charge in [0.2, 0.25) is 0 Å². The van der Waals surface area contributed by atoms with E-state index in [4.69, 9.17) is 0 Å². The largest absolute Gasteiger partial charge is 0.207 e. The van der Waals surface area contributed by atoms with E-state index in [9.17, 15) is 8.78 Å². The van der Waals surface area contributed by atoms with Gasteiger partial charge in [-0.15, -0.1) is 0 Å². The van der Waals surface area contributed by atoms with Gasteiger partial charge in [-0.1, -0.05) is 34.1 Å². The first kappa shape index (κ1) is 15.6. The molecule has 0 heterocycles. The van der Waals surface area contributed by atoms with Gasteiger partial charge in [-0.3, -0.25) is 0 Å². The molecule has 20 heavy (non-hydrogen) atoms. The second kappa shape index (κ2) is 6.35. The summed E-state index contributed by atoms with van der Waals surface area (Å²) in [6.07, 6.45) is 0.610. The molecular formula is C16H14Br2F2. The maximum atomic E-state index is 13.9. The molecule has 0 aliphatic carbocycles. The zero-order valence-corrected chi connectivity index (χ0v) is 14.4. The van der Waals surface area contributed by atoms with Gasteiger partial charge < -0.3 is 0 Å². The number of halogens is 4. The Bertz CT molecular complexity index is 639. The Hall–Kier alpha value is -0.740. The van der Waals surface area contributed by atoms with Crippen LogP contribution in [0.4, 0.5) is 8.78 Å². The summed E-state index contributed by atoms with van der Waals surface area (Å²) in [5, 5.41) is 0. The first-order valence-electron chi connectivity index (χ1n) is 6.23. The smallest absolute Gasteiger partial charge is 0.137 e. The quantitative estimate of drug-likeness (QED) is 0.434. The minimum atomic E-state index is -0.453. The average molecular weight is 404 g/mol. The third-order valence-corrected chi connectivity index (χ3v) is 4.79. The molecule has 0 N–H and O–H groups in total. The number of benzene rings is 2. The fourth-order valence-corrected chi connectivity index (χ4v) is 3.07. The summed E-state index contributed by atoms with van der Waals surface area (Å²) in [5.74, 6) is -0.866. The van der Waals surface area contributed by atoms with Crippen LogP contribution in [-0.2, 0) is 6.42 Å². The van der Waals surface area contributed by atoms with Crippen molar-refractivity contribution in [1.29, 1.82) is 0 Å². The van der Waals surface area contributed by atoms with Crippen LogP contribution >= 0.6 is 31.9 Å². The topological polar surface area (TPSA) is 0 Å². The Morgan fingerprint density at radius 1 is 1.00 bits per heavy atom. The Morgan fingerprint density at radius 2 is 1.70 bits per heavy atom. The number of alkyl halides is 1. The number of hydrogen-bond acceptors (Lipinski definition) is 0. The molecule has 0 aliphatic rings. The van der Waals surface area contributed by atoms with Crippen molar-refractivity contribution in [3.63, 3.8) is 0 Å². The van der Waals surface area contributed by atoms with Crippen LogP contribution in [0.1, 0.15) is 27.1 Å². The Balaban J connectivity index is 2.25. The summed E-state index contributed by atoms with van der Waals surface area (Å²) in [5.41, 5.74) is 3.85. The van der Waals surface area contributed by atoms with Gasteiger partial charge in [-0.05, 0) is 65.0 Å². The standard InChI is InChI=1S/C16H14Br2F2/c1-9-3-4-11(5-10(9)2)6-13(17)12-7-16(20)14(18)8-15(12)19/h3-5,7-8,13H,6H2,1-2H3. The van der Waals surface area contributed by atoms with Crippen LogP contribution in [0.3, 0.4) is 0 Å². The van der Waals surface area contributed by atoms with E-state index in [1.807, 2.05) is 19.1 Å². The summed E-state index contributed by atoms with van der Waals surface area (Å²) >= 11 is 6.44. The van der Waals surface area contributed by atoms with Crippen molar-refractivity contribution in [3.8, 4) is 0 Å². The van der Waals surface area contributed by atoms with E-state index in [2.05, 4.69) is 44.8 Å². The van der Waals surface area contributed by atoms with Crippen LogP contribution < -0.4 is 0 Å².